The molecule has 1 aliphatic carbocycles. The number of carbonyl (C=O) groups is 1. The van der Waals surface area contributed by atoms with Crippen LogP contribution in [0.4, 0.5) is 4.39 Å². The van der Waals surface area contributed by atoms with Crippen molar-refractivity contribution in [2.75, 3.05) is 0 Å². The van der Waals surface area contributed by atoms with E-state index in [1.165, 1.54) is 12.1 Å². The van der Waals surface area contributed by atoms with E-state index < -0.39 is 5.41 Å². The molecule has 4 heteroatoms. The van der Waals surface area contributed by atoms with Gasteiger partial charge in [0.1, 0.15) is 5.82 Å². The van der Waals surface area contributed by atoms with E-state index in [9.17, 15) is 9.18 Å². The molecule has 106 valence electrons. The van der Waals surface area contributed by atoms with Crippen LogP contribution in [0.15, 0.2) is 24.4 Å². The summed E-state index contributed by atoms with van der Waals surface area (Å²) in [7, 11) is 0. The fourth-order valence-corrected chi connectivity index (χ4v) is 2.70. The van der Waals surface area contributed by atoms with Gasteiger partial charge in [-0.1, -0.05) is 6.92 Å². The fourth-order valence-electron chi connectivity index (χ4n) is 2.70. The number of aromatic amines is 1. The number of H-pyrrole nitrogens is 1. The molecule has 0 aliphatic heterocycles. The Kier molecular flexibility index (Phi) is 3.04. The van der Waals surface area contributed by atoms with Gasteiger partial charge in [-0.25, -0.2) is 4.39 Å². The van der Waals surface area contributed by atoms with Crippen molar-refractivity contribution in [1.82, 2.24) is 10.3 Å². The number of amides is 1. The minimum absolute atomic E-state index is 0.0945. The number of hydrogen-bond acceptors (Lipinski definition) is 1. The van der Waals surface area contributed by atoms with Crippen LogP contribution in [0.3, 0.4) is 0 Å². The summed E-state index contributed by atoms with van der Waals surface area (Å²) >= 11 is 0. The molecule has 3 rings (SSSR count). The van der Waals surface area contributed by atoms with E-state index in [2.05, 4.69) is 17.2 Å². The molecule has 1 fully saturated rings. The number of aromatic nitrogens is 1. The van der Waals surface area contributed by atoms with Gasteiger partial charge in [0, 0.05) is 23.1 Å². The molecule has 0 saturated heterocycles. The van der Waals surface area contributed by atoms with Crippen LogP contribution in [-0.2, 0) is 10.2 Å². The number of carbonyl (C=O) groups excluding carboxylic acids is 1. The minimum atomic E-state index is -0.417. The molecule has 0 bridgehead atoms. The zero-order chi connectivity index (χ0) is 14.3. The molecule has 1 aromatic carbocycles. The Labute approximate surface area is 117 Å². The molecule has 2 N–H and O–H groups in total. The Morgan fingerprint density at radius 2 is 2.25 bits per heavy atom. The number of rotatable bonds is 4. The minimum Gasteiger partial charge on any atom is -0.361 e. The average Bonchev–Trinajstić information content (AvgIpc) is 3.13. The highest BCUT2D eigenvalue weighted by atomic mass is 19.1. The van der Waals surface area contributed by atoms with Gasteiger partial charge < -0.3 is 10.3 Å². The lowest BCUT2D eigenvalue weighted by molar-refractivity contribution is -0.124. The fraction of sp³-hybridized carbons (Fsp3) is 0.438. The normalized spacial score (nSPS) is 17.9. The number of nitrogens with one attached hydrogen (secondary N) is 2. The van der Waals surface area contributed by atoms with Crippen molar-refractivity contribution >= 4 is 16.8 Å². The SMILES string of the molecule is CCC(C)NC(=O)C1(c2c[nH]c3cc(F)ccc23)CC1. The maximum Gasteiger partial charge on any atom is 0.230 e. The second-order valence-electron chi connectivity index (χ2n) is 5.76. The first-order valence-corrected chi connectivity index (χ1v) is 7.15. The molecule has 0 spiro atoms. The number of fused-ring (bicyclic) bond motifs is 1. The van der Waals surface area contributed by atoms with Crippen LogP contribution in [0, 0.1) is 5.82 Å². The second-order valence-corrected chi connectivity index (χ2v) is 5.76. The highest BCUT2D eigenvalue weighted by molar-refractivity contribution is 5.97. The summed E-state index contributed by atoms with van der Waals surface area (Å²) in [5.74, 6) is -0.170. The summed E-state index contributed by atoms with van der Waals surface area (Å²) in [6, 6.07) is 4.86. The molecular weight excluding hydrogens is 255 g/mol. The zero-order valence-corrected chi connectivity index (χ0v) is 11.8. The monoisotopic (exact) mass is 274 g/mol. The second kappa shape index (κ2) is 4.62. The molecule has 1 heterocycles. The Morgan fingerprint density at radius 1 is 1.50 bits per heavy atom. The van der Waals surface area contributed by atoms with E-state index in [0.29, 0.717) is 0 Å². The van der Waals surface area contributed by atoms with Gasteiger partial charge in [-0.05, 0) is 49.9 Å². The van der Waals surface area contributed by atoms with E-state index >= 15 is 0 Å². The van der Waals surface area contributed by atoms with Crippen LogP contribution in [0.2, 0.25) is 0 Å². The van der Waals surface area contributed by atoms with E-state index in [-0.39, 0.29) is 17.8 Å². The molecule has 20 heavy (non-hydrogen) atoms. The third kappa shape index (κ3) is 1.99. The van der Waals surface area contributed by atoms with Gasteiger partial charge in [0.25, 0.3) is 0 Å². The van der Waals surface area contributed by atoms with E-state index in [1.807, 2.05) is 13.1 Å². The third-order valence-corrected chi connectivity index (χ3v) is 4.33. The Hall–Kier alpha value is -1.84. The maximum absolute atomic E-state index is 13.2. The summed E-state index contributed by atoms with van der Waals surface area (Å²) in [5.41, 5.74) is 1.33. The summed E-state index contributed by atoms with van der Waals surface area (Å²) in [4.78, 5) is 15.6. The quantitative estimate of drug-likeness (QED) is 0.883. The lowest BCUT2D eigenvalue weighted by atomic mass is 9.94. The molecule has 1 amide bonds. The Bertz CT molecular complexity index is 658. The number of halogens is 1. The van der Waals surface area contributed by atoms with Crippen molar-refractivity contribution in [3.63, 3.8) is 0 Å². The zero-order valence-electron chi connectivity index (χ0n) is 11.8. The van der Waals surface area contributed by atoms with E-state index in [1.54, 1.807) is 6.07 Å². The summed E-state index contributed by atoms with van der Waals surface area (Å²) in [6.45, 7) is 4.07. The predicted molar refractivity (Wildman–Crippen MR) is 77.1 cm³/mol. The molecule has 3 nitrogen and oxygen atoms in total. The molecular formula is C16H19FN2O. The van der Waals surface area contributed by atoms with Gasteiger partial charge in [-0.2, -0.15) is 0 Å². The lowest BCUT2D eigenvalue weighted by Gasteiger charge is -2.18. The topological polar surface area (TPSA) is 44.9 Å². The highest BCUT2D eigenvalue weighted by Gasteiger charge is 2.52. The first-order chi connectivity index (χ1) is 9.56. The van der Waals surface area contributed by atoms with Crippen LogP contribution < -0.4 is 5.32 Å². The van der Waals surface area contributed by atoms with Crippen molar-refractivity contribution in [1.29, 1.82) is 0 Å². The van der Waals surface area contributed by atoms with Gasteiger partial charge in [0.15, 0.2) is 0 Å². The van der Waals surface area contributed by atoms with Crippen LogP contribution in [0.25, 0.3) is 10.9 Å². The first kappa shape index (κ1) is 13.2. The first-order valence-electron chi connectivity index (χ1n) is 7.15. The van der Waals surface area contributed by atoms with Gasteiger partial charge in [-0.15, -0.1) is 0 Å². The van der Waals surface area contributed by atoms with Gasteiger partial charge >= 0.3 is 0 Å². The molecule has 1 unspecified atom stereocenters. The van der Waals surface area contributed by atoms with Crippen molar-refractivity contribution in [3.05, 3.63) is 35.8 Å². The molecule has 1 atom stereocenters. The van der Waals surface area contributed by atoms with Crippen molar-refractivity contribution in [2.24, 2.45) is 0 Å². The van der Waals surface area contributed by atoms with Crippen molar-refractivity contribution in [2.45, 2.75) is 44.6 Å². The lowest BCUT2D eigenvalue weighted by Crippen LogP contribution is -2.39. The van der Waals surface area contributed by atoms with Crippen LogP contribution in [0.5, 0.6) is 0 Å². The molecule has 1 aromatic heterocycles. The van der Waals surface area contributed by atoms with Gasteiger partial charge in [0.2, 0.25) is 5.91 Å². The van der Waals surface area contributed by atoms with Crippen LogP contribution in [0.1, 0.15) is 38.7 Å². The Balaban J connectivity index is 1.96. The summed E-state index contributed by atoms with van der Waals surface area (Å²) < 4.78 is 13.2. The number of benzene rings is 1. The molecule has 1 saturated carbocycles. The third-order valence-electron chi connectivity index (χ3n) is 4.33. The molecule has 1 aliphatic rings. The number of hydrogen-bond donors (Lipinski definition) is 2. The van der Waals surface area contributed by atoms with Crippen molar-refractivity contribution in [3.8, 4) is 0 Å². The van der Waals surface area contributed by atoms with Crippen LogP contribution in [-0.4, -0.2) is 16.9 Å². The summed E-state index contributed by atoms with van der Waals surface area (Å²) in [6.07, 6.45) is 4.49. The smallest absolute Gasteiger partial charge is 0.230 e. The average molecular weight is 274 g/mol. The largest absolute Gasteiger partial charge is 0.361 e. The van der Waals surface area contributed by atoms with E-state index in [0.717, 1.165) is 35.7 Å². The van der Waals surface area contributed by atoms with Crippen LogP contribution >= 0.6 is 0 Å². The molecule has 0 radical (unpaired) electrons. The molecule has 2 aromatic rings. The Morgan fingerprint density at radius 3 is 2.90 bits per heavy atom. The standard InChI is InChI=1S/C16H19FN2O/c1-3-10(2)19-15(20)16(6-7-16)13-9-18-14-8-11(17)4-5-12(13)14/h4-5,8-10,18H,3,6-7H2,1-2H3,(H,19,20). The predicted octanol–water partition coefficient (Wildman–Crippen LogP) is 3.25. The highest BCUT2D eigenvalue weighted by Crippen LogP contribution is 2.50. The maximum atomic E-state index is 13.2. The summed E-state index contributed by atoms with van der Waals surface area (Å²) in [5, 5.41) is 4.02. The van der Waals surface area contributed by atoms with Gasteiger partial charge in [0.05, 0.1) is 5.41 Å². The van der Waals surface area contributed by atoms with Gasteiger partial charge in [-0.3, -0.25) is 4.79 Å². The van der Waals surface area contributed by atoms with E-state index in [4.69, 9.17) is 0 Å². The van der Waals surface area contributed by atoms with Crippen molar-refractivity contribution < 1.29 is 9.18 Å².